The fraction of sp³-hybridized carbons (Fsp3) is 0.222. The van der Waals surface area contributed by atoms with Gasteiger partial charge in [0.15, 0.2) is 5.78 Å². The Morgan fingerprint density at radius 1 is 1.14 bits per heavy atom. The molecule has 4 rings (SSSR count). The van der Waals surface area contributed by atoms with E-state index in [4.69, 9.17) is 15.7 Å². The highest BCUT2D eigenvalue weighted by molar-refractivity contribution is 6.04. The number of halogens is 2. The topological polar surface area (TPSA) is 93.4 Å². The molecule has 178 valence electrons. The number of nitrogens with two attached hydrogens (primary N) is 1. The van der Waals surface area contributed by atoms with E-state index in [0.717, 1.165) is 11.1 Å². The number of Topliss-reactive ketones (excluding diaryl/α,β-unsaturated/α-hetero) is 1. The molecule has 2 N–H and O–H groups in total. The zero-order valence-corrected chi connectivity index (χ0v) is 19.4. The Hall–Kier alpha value is -4.09. The molecule has 6 nitrogen and oxygen atoms in total. The number of hydrogen-bond acceptors (Lipinski definition) is 5. The molecule has 0 bridgehead atoms. The maximum atomic E-state index is 14.0. The van der Waals surface area contributed by atoms with Crippen LogP contribution in [0.25, 0.3) is 5.52 Å². The van der Waals surface area contributed by atoms with E-state index in [2.05, 4.69) is 11.2 Å². The number of hydrogen-bond donors (Lipinski definition) is 1. The van der Waals surface area contributed by atoms with E-state index in [1.165, 1.54) is 22.7 Å². The average Bonchev–Trinajstić information content (AvgIpc) is 3.17. The van der Waals surface area contributed by atoms with E-state index in [1.54, 1.807) is 25.1 Å². The van der Waals surface area contributed by atoms with Crippen molar-refractivity contribution in [3.8, 4) is 11.9 Å². The van der Waals surface area contributed by atoms with E-state index < -0.39 is 11.6 Å². The molecule has 0 aliphatic carbocycles. The molecule has 4 aromatic rings. The van der Waals surface area contributed by atoms with E-state index in [-0.39, 0.29) is 42.7 Å². The van der Waals surface area contributed by atoms with Crippen molar-refractivity contribution in [3.63, 3.8) is 0 Å². The van der Waals surface area contributed by atoms with Crippen LogP contribution in [0.2, 0.25) is 0 Å². The zero-order chi connectivity index (χ0) is 25.1. The predicted molar refractivity (Wildman–Crippen MR) is 127 cm³/mol. The molecular weight excluding hydrogens is 450 g/mol. The van der Waals surface area contributed by atoms with Crippen LogP contribution in [0.1, 0.15) is 50.6 Å². The Kier molecular flexibility index (Phi) is 6.90. The summed E-state index contributed by atoms with van der Waals surface area (Å²) >= 11 is 0. The molecule has 0 saturated carbocycles. The number of pyridine rings is 1. The summed E-state index contributed by atoms with van der Waals surface area (Å²) < 4.78 is 35.3. The number of benzene rings is 2. The van der Waals surface area contributed by atoms with Gasteiger partial charge in [0, 0.05) is 18.4 Å². The van der Waals surface area contributed by atoms with Crippen LogP contribution in [0.3, 0.4) is 0 Å². The molecule has 2 heterocycles. The fourth-order valence-electron chi connectivity index (χ4n) is 4.12. The second-order valence-electron chi connectivity index (χ2n) is 8.41. The minimum absolute atomic E-state index is 0.131. The number of carbonyl (C=O) groups is 1. The Morgan fingerprint density at radius 2 is 1.83 bits per heavy atom. The maximum absolute atomic E-state index is 14.0. The van der Waals surface area contributed by atoms with Crippen molar-refractivity contribution in [3.05, 3.63) is 99.7 Å². The molecule has 1 unspecified atom stereocenters. The summed E-state index contributed by atoms with van der Waals surface area (Å²) in [7, 11) is 0. The number of nitriles is 1. The predicted octanol–water partition coefficient (Wildman–Crippen LogP) is 5.00. The Labute approximate surface area is 201 Å². The van der Waals surface area contributed by atoms with Gasteiger partial charge in [-0.25, -0.2) is 13.3 Å². The smallest absolute Gasteiger partial charge is 0.215 e. The Morgan fingerprint density at radius 3 is 2.46 bits per heavy atom. The lowest BCUT2D eigenvalue weighted by Gasteiger charge is -2.15. The molecule has 0 spiro atoms. The van der Waals surface area contributed by atoms with E-state index in [0.29, 0.717) is 22.3 Å². The third-order valence-corrected chi connectivity index (χ3v) is 5.95. The SMILES string of the molecule is Cc1cc(OCc2c(F)cccc2F)n2nc(C)c(C(=O)CC(CN)c3ccc(C#N)cc3)c2c1. The molecule has 2 aromatic carbocycles. The van der Waals surface area contributed by atoms with Crippen LogP contribution in [0.5, 0.6) is 5.88 Å². The number of ketones is 1. The molecule has 2 aromatic heterocycles. The van der Waals surface area contributed by atoms with Gasteiger partial charge in [0.25, 0.3) is 0 Å². The lowest BCUT2D eigenvalue weighted by atomic mass is 9.90. The third kappa shape index (κ3) is 4.91. The average molecular weight is 475 g/mol. The minimum atomic E-state index is -0.697. The van der Waals surface area contributed by atoms with E-state index >= 15 is 0 Å². The summed E-state index contributed by atoms with van der Waals surface area (Å²) in [6.45, 7) is 3.51. The summed E-state index contributed by atoms with van der Waals surface area (Å²) in [5.74, 6) is -1.48. The molecule has 0 amide bonds. The summed E-state index contributed by atoms with van der Waals surface area (Å²) in [5, 5.41) is 13.5. The number of nitrogens with zero attached hydrogens (tertiary/aromatic N) is 3. The molecule has 0 saturated heterocycles. The third-order valence-electron chi connectivity index (χ3n) is 5.95. The van der Waals surface area contributed by atoms with Gasteiger partial charge in [-0.15, -0.1) is 0 Å². The van der Waals surface area contributed by atoms with Crippen LogP contribution in [0.15, 0.2) is 54.6 Å². The van der Waals surface area contributed by atoms with E-state index in [1.807, 2.05) is 25.1 Å². The molecule has 0 aliphatic heterocycles. The summed E-state index contributed by atoms with van der Waals surface area (Å²) in [4.78, 5) is 13.4. The Bertz CT molecular complexity index is 1420. The van der Waals surface area contributed by atoms with Crippen molar-refractivity contribution >= 4 is 11.3 Å². The van der Waals surface area contributed by atoms with Gasteiger partial charge in [-0.3, -0.25) is 4.79 Å². The second kappa shape index (κ2) is 10.0. The van der Waals surface area contributed by atoms with Gasteiger partial charge in [-0.1, -0.05) is 18.2 Å². The van der Waals surface area contributed by atoms with Gasteiger partial charge in [0.2, 0.25) is 5.88 Å². The number of rotatable bonds is 8. The number of carbonyl (C=O) groups excluding carboxylic acids is 1. The molecule has 8 heteroatoms. The monoisotopic (exact) mass is 474 g/mol. The number of aromatic nitrogens is 2. The van der Waals surface area contributed by atoms with Crippen molar-refractivity contribution < 1.29 is 18.3 Å². The molecule has 0 fully saturated rings. The fourth-order valence-corrected chi connectivity index (χ4v) is 4.12. The van der Waals surface area contributed by atoms with Crippen molar-refractivity contribution in [2.45, 2.75) is 32.8 Å². The van der Waals surface area contributed by atoms with Crippen molar-refractivity contribution in [1.29, 1.82) is 5.26 Å². The van der Waals surface area contributed by atoms with Crippen LogP contribution >= 0.6 is 0 Å². The first-order valence-electron chi connectivity index (χ1n) is 11.1. The van der Waals surface area contributed by atoms with E-state index in [9.17, 15) is 13.6 Å². The zero-order valence-electron chi connectivity index (χ0n) is 19.4. The van der Waals surface area contributed by atoms with Gasteiger partial charge in [0.1, 0.15) is 18.2 Å². The lowest BCUT2D eigenvalue weighted by molar-refractivity contribution is 0.0975. The van der Waals surface area contributed by atoms with Gasteiger partial charge < -0.3 is 10.5 Å². The highest BCUT2D eigenvalue weighted by Crippen LogP contribution is 2.28. The highest BCUT2D eigenvalue weighted by Gasteiger charge is 2.23. The first-order chi connectivity index (χ1) is 16.8. The van der Waals surface area contributed by atoms with Crippen molar-refractivity contribution in [2.75, 3.05) is 6.54 Å². The van der Waals surface area contributed by atoms with Crippen molar-refractivity contribution in [2.24, 2.45) is 5.73 Å². The van der Waals surface area contributed by atoms with Gasteiger partial charge in [0.05, 0.1) is 34.0 Å². The van der Waals surface area contributed by atoms with Crippen LogP contribution < -0.4 is 10.5 Å². The number of aryl methyl sites for hydroxylation is 2. The summed E-state index contributed by atoms with van der Waals surface area (Å²) in [6.07, 6.45) is 0.162. The first kappa shape index (κ1) is 24.0. The first-order valence-corrected chi connectivity index (χ1v) is 11.1. The maximum Gasteiger partial charge on any atom is 0.215 e. The van der Waals surface area contributed by atoms with Crippen LogP contribution in [-0.2, 0) is 6.61 Å². The van der Waals surface area contributed by atoms with Crippen molar-refractivity contribution in [1.82, 2.24) is 9.61 Å². The second-order valence-corrected chi connectivity index (χ2v) is 8.41. The normalized spacial score (nSPS) is 11.9. The minimum Gasteiger partial charge on any atom is -0.473 e. The quantitative estimate of drug-likeness (QED) is 0.363. The van der Waals surface area contributed by atoms with Crippen LogP contribution in [0, 0.1) is 36.8 Å². The lowest BCUT2D eigenvalue weighted by Crippen LogP contribution is -2.17. The Balaban J connectivity index is 1.64. The number of ether oxygens (including phenoxy) is 1. The highest BCUT2D eigenvalue weighted by atomic mass is 19.1. The standard InChI is InChI=1S/C27H24F2N4O2/c1-16-10-24-27(25(34)12-20(14-31)19-8-6-18(13-30)7-9-19)17(2)32-33(24)26(11-16)35-15-21-22(28)4-3-5-23(21)29/h3-11,20H,12,14-15,31H2,1-2H3. The van der Waals surface area contributed by atoms with Gasteiger partial charge >= 0.3 is 0 Å². The van der Waals surface area contributed by atoms with Gasteiger partial charge in [-0.2, -0.15) is 10.4 Å². The van der Waals surface area contributed by atoms with Crippen LogP contribution in [-0.4, -0.2) is 21.9 Å². The van der Waals surface area contributed by atoms with Gasteiger partial charge in [-0.05, 0) is 61.9 Å². The summed E-state index contributed by atoms with van der Waals surface area (Å²) in [6, 6.07) is 16.3. The number of fused-ring (bicyclic) bond motifs is 1. The summed E-state index contributed by atoms with van der Waals surface area (Å²) in [5.41, 5.74) is 9.51. The largest absolute Gasteiger partial charge is 0.473 e. The molecular formula is C27H24F2N4O2. The molecule has 0 radical (unpaired) electrons. The van der Waals surface area contributed by atoms with Crippen LogP contribution in [0.4, 0.5) is 8.78 Å². The molecule has 0 aliphatic rings. The molecule has 35 heavy (non-hydrogen) atoms. The molecule has 1 atom stereocenters.